The van der Waals surface area contributed by atoms with Gasteiger partial charge >= 0.3 is 5.97 Å². The maximum atomic E-state index is 13.7. The molecule has 33 heavy (non-hydrogen) atoms. The van der Waals surface area contributed by atoms with E-state index in [4.69, 9.17) is 23.4 Å². The summed E-state index contributed by atoms with van der Waals surface area (Å²) >= 11 is 3.54. The van der Waals surface area contributed by atoms with E-state index in [0.29, 0.717) is 6.61 Å². The summed E-state index contributed by atoms with van der Waals surface area (Å²) in [5.41, 5.74) is -3.93. The van der Waals surface area contributed by atoms with Gasteiger partial charge in [0.2, 0.25) is 0 Å². The monoisotopic (exact) mass is 544 g/mol. The molecule has 3 aliphatic rings. The molecule has 186 valence electrons. The molecule has 1 heterocycles. The number of rotatable bonds is 8. The Labute approximate surface area is 206 Å². The van der Waals surface area contributed by atoms with E-state index in [1.807, 2.05) is 26.8 Å². The largest absolute Gasteiger partial charge is 0.468 e. The summed E-state index contributed by atoms with van der Waals surface area (Å²) in [6.45, 7) is 16.6. The Morgan fingerprint density at radius 3 is 2.42 bits per heavy atom. The zero-order valence-electron chi connectivity index (χ0n) is 21.1. The standard InChI is InChI=1S/C24H37BrO7Si/c1-10-29-19(15(2)25)30-18-12-11-16(26)23(20(27)28-7)17(31-33(8,9)21(3,4)5)13-14-22(6)24(18,23)32-22/h11-15,17-19H,10H2,1-9H3/t15?,17-,18-,19?,22+,23-,24+/m1/s1. The number of carbonyl (C=O) groups is 2. The molecule has 0 saturated carbocycles. The number of epoxide rings is 1. The number of methoxy groups -OCH3 is 1. The van der Waals surface area contributed by atoms with Crippen LogP contribution in [-0.4, -0.2) is 68.3 Å². The lowest BCUT2D eigenvalue weighted by Crippen LogP contribution is -2.69. The molecule has 1 aliphatic heterocycles. The van der Waals surface area contributed by atoms with E-state index in [9.17, 15) is 9.59 Å². The minimum Gasteiger partial charge on any atom is -0.468 e. The van der Waals surface area contributed by atoms with Gasteiger partial charge in [0, 0.05) is 6.61 Å². The van der Waals surface area contributed by atoms with Crippen molar-refractivity contribution in [2.45, 2.75) is 94.2 Å². The number of ketones is 1. The number of esters is 1. The summed E-state index contributed by atoms with van der Waals surface area (Å²) in [6.07, 6.45) is 4.56. The zero-order valence-corrected chi connectivity index (χ0v) is 23.6. The fourth-order valence-electron chi connectivity index (χ4n) is 4.78. The van der Waals surface area contributed by atoms with Gasteiger partial charge in [-0.05, 0) is 51.1 Å². The van der Waals surface area contributed by atoms with Crippen LogP contribution in [0.1, 0.15) is 41.5 Å². The Hall–Kier alpha value is -0.843. The predicted octanol–water partition coefficient (Wildman–Crippen LogP) is 4.30. The van der Waals surface area contributed by atoms with Gasteiger partial charge in [-0.25, -0.2) is 0 Å². The SMILES string of the molecule is CCOC(O[C@@H]1C=CC(=O)[C@]2(C(=O)OC)[C@H](O[Si](C)(C)C(C)(C)C)C=C[C@]3(C)O[C@]123)C(C)Br. The third-order valence-corrected chi connectivity index (χ3v) is 12.5. The summed E-state index contributed by atoms with van der Waals surface area (Å²) in [6, 6.07) is 0. The molecule has 3 rings (SSSR count). The molecule has 1 saturated heterocycles. The quantitative estimate of drug-likeness (QED) is 0.0856. The second kappa shape index (κ2) is 8.67. The van der Waals surface area contributed by atoms with Crippen LogP contribution in [0.4, 0.5) is 0 Å². The van der Waals surface area contributed by atoms with E-state index < -0.39 is 55.2 Å². The number of hydrogen-bond donors (Lipinski definition) is 0. The number of hydrogen-bond acceptors (Lipinski definition) is 7. The van der Waals surface area contributed by atoms with Gasteiger partial charge in [0.25, 0.3) is 0 Å². The molecule has 0 N–H and O–H groups in total. The van der Waals surface area contributed by atoms with Crippen LogP contribution in [0.15, 0.2) is 24.3 Å². The highest BCUT2D eigenvalue weighted by Gasteiger charge is 2.88. The van der Waals surface area contributed by atoms with E-state index in [1.54, 1.807) is 12.2 Å². The number of allylic oxidation sites excluding steroid dienone is 1. The summed E-state index contributed by atoms with van der Waals surface area (Å²) < 4.78 is 30.5. The number of ether oxygens (including phenoxy) is 4. The van der Waals surface area contributed by atoms with Crippen LogP contribution >= 0.6 is 15.9 Å². The number of carbonyl (C=O) groups excluding carboxylic acids is 2. The third kappa shape index (κ3) is 3.83. The van der Waals surface area contributed by atoms with E-state index in [1.165, 1.54) is 13.2 Å². The number of halogens is 1. The van der Waals surface area contributed by atoms with E-state index in [0.717, 1.165) is 0 Å². The van der Waals surface area contributed by atoms with Gasteiger partial charge in [-0.2, -0.15) is 0 Å². The summed E-state index contributed by atoms with van der Waals surface area (Å²) in [7, 11) is -1.10. The molecular formula is C24H37BrO7Si. The van der Waals surface area contributed by atoms with Gasteiger partial charge in [-0.3, -0.25) is 9.59 Å². The van der Waals surface area contributed by atoms with E-state index >= 15 is 0 Å². The van der Waals surface area contributed by atoms with Crippen molar-refractivity contribution < 1.29 is 33.0 Å². The first-order valence-corrected chi connectivity index (χ1v) is 15.3. The maximum Gasteiger partial charge on any atom is 0.326 e. The normalized spacial score (nSPS) is 37.2. The van der Waals surface area contributed by atoms with Crippen LogP contribution in [0.3, 0.4) is 0 Å². The van der Waals surface area contributed by atoms with Gasteiger partial charge < -0.3 is 23.4 Å². The molecule has 9 heteroatoms. The smallest absolute Gasteiger partial charge is 0.326 e. The second-order valence-corrected chi connectivity index (χ2v) is 16.9. The molecule has 1 spiro atoms. The summed E-state index contributed by atoms with van der Waals surface area (Å²) in [5, 5.41) is -0.134. The molecule has 2 aliphatic carbocycles. The fourth-order valence-corrected chi connectivity index (χ4v) is 6.30. The Bertz CT molecular complexity index is 863. The fraction of sp³-hybridized carbons (Fsp3) is 0.750. The maximum absolute atomic E-state index is 13.7. The molecule has 1 fully saturated rings. The van der Waals surface area contributed by atoms with Crippen LogP contribution in [-0.2, 0) is 33.0 Å². The molecule has 7 atom stereocenters. The average Bonchev–Trinajstić information content (AvgIpc) is 3.34. The van der Waals surface area contributed by atoms with Gasteiger partial charge in [-0.1, -0.05) is 48.9 Å². The van der Waals surface area contributed by atoms with Crippen LogP contribution in [0.5, 0.6) is 0 Å². The molecule has 0 radical (unpaired) electrons. The molecule has 0 bridgehead atoms. The molecule has 2 unspecified atom stereocenters. The summed E-state index contributed by atoms with van der Waals surface area (Å²) in [4.78, 5) is 27.2. The molecule has 0 amide bonds. The lowest BCUT2D eigenvalue weighted by Gasteiger charge is -2.50. The first kappa shape index (κ1) is 26.8. The molecular weight excluding hydrogens is 508 g/mol. The topological polar surface area (TPSA) is 83.6 Å². The van der Waals surface area contributed by atoms with Crippen LogP contribution < -0.4 is 0 Å². The Morgan fingerprint density at radius 2 is 1.91 bits per heavy atom. The highest BCUT2D eigenvalue weighted by molar-refractivity contribution is 9.09. The van der Waals surface area contributed by atoms with Gasteiger partial charge in [0.15, 0.2) is 31.4 Å². The van der Waals surface area contributed by atoms with Crippen LogP contribution in [0.25, 0.3) is 0 Å². The van der Waals surface area contributed by atoms with Crippen molar-refractivity contribution in [3.8, 4) is 0 Å². The van der Waals surface area contributed by atoms with Crippen molar-refractivity contribution in [3.63, 3.8) is 0 Å². The Balaban J connectivity index is 2.16. The van der Waals surface area contributed by atoms with E-state index in [-0.39, 0.29) is 9.87 Å². The highest BCUT2D eigenvalue weighted by Crippen LogP contribution is 2.68. The van der Waals surface area contributed by atoms with Crippen molar-refractivity contribution in [1.29, 1.82) is 0 Å². The van der Waals surface area contributed by atoms with Gasteiger partial charge in [0.05, 0.1) is 18.0 Å². The lowest BCUT2D eigenvalue weighted by atomic mass is 9.56. The van der Waals surface area contributed by atoms with Crippen molar-refractivity contribution in [2.75, 3.05) is 13.7 Å². The third-order valence-electron chi connectivity index (χ3n) is 7.60. The minimum absolute atomic E-state index is 0.129. The first-order valence-electron chi connectivity index (χ1n) is 11.4. The van der Waals surface area contributed by atoms with Crippen molar-refractivity contribution in [3.05, 3.63) is 24.3 Å². The zero-order chi connectivity index (χ0) is 25.0. The van der Waals surface area contributed by atoms with Gasteiger partial charge in [-0.15, -0.1) is 0 Å². The highest BCUT2D eigenvalue weighted by atomic mass is 79.9. The summed E-state index contributed by atoms with van der Waals surface area (Å²) in [5.74, 6) is -1.08. The second-order valence-electron chi connectivity index (χ2n) is 10.7. The van der Waals surface area contributed by atoms with Crippen molar-refractivity contribution in [1.82, 2.24) is 0 Å². The van der Waals surface area contributed by atoms with E-state index in [2.05, 4.69) is 49.8 Å². The molecule has 0 aromatic rings. The Morgan fingerprint density at radius 1 is 1.27 bits per heavy atom. The molecule has 7 nitrogen and oxygen atoms in total. The lowest BCUT2D eigenvalue weighted by molar-refractivity contribution is -0.199. The van der Waals surface area contributed by atoms with Gasteiger partial charge in [0.1, 0.15) is 11.7 Å². The Kier molecular flexibility index (Phi) is 7.03. The number of alkyl halides is 1. The minimum atomic E-state index is -2.39. The average molecular weight is 546 g/mol. The first-order chi connectivity index (χ1) is 15.1. The van der Waals surface area contributed by atoms with Crippen molar-refractivity contribution >= 4 is 36.0 Å². The molecule has 0 aromatic carbocycles. The predicted molar refractivity (Wildman–Crippen MR) is 131 cm³/mol. The molecule has 0 aromatic heterocycles. The van der Waals surface area contributed by atoms with Crippen LogP contribution in [0, 0.1) is 5.41 Å². The van der Waals surface area contributed by atoms with Crippen LogP contribution in [0.2, 0.25) is 18.1 Å². The van der Waals surface area contributed by atoms with Crippen molar-refractivity contribution in [2.24, 2.45) is 5.41 Å².